The molecule has 0 unspecified atom stereocenters. The van der Waals surface area contributed by atoms with Crippen LogP contribution in [0.5, 0.6) is 0 Å². The largest absolute Gasteiger partial charge is 0.306 e. The summed E-state index contributed by atoms with van der Waals surface area (Å²) in [6.07, 6.45) is 7.74. The Hall–Kier alpha value is -1.44. The summed E-state index contributed by atoms with van der Waals surface area (Å²) in [4.78, 5) is 0. The molecule has 2 nitrogen and oxygen atoms in total. The molecule has 11 heavy (non-hydrogen) atoms. The van der Waals surface area contributed by atoms with Gasteiger partial charge in [-0.05, 0) is 31.2 Å². The van der Waals surface area contributed by atoms with Crippen molar-refractivity contribution in [2.24, 2.45) is 0 Å². The molecule has 0 bridgehead atoms. The Balaban J connectivity index is 2.37. The Morgan fingerprint density at radius 3 is 2.91 bits per heavy atom. The van der Waals surface area contributed by atoms with Gasteiger partial charge in [0.2, 0.25) is 0 Å². The van der Waals surface area contributed by atoms with Crippen LogP contribution in [0.3, 0.4) is 0 Å². The van der Waals surface area contributed by atoms with Gasteiger partial charge in [0.1, 0.15) is 5.82 Å². The molecule has 0 saturated heterocycles. The van der Waals surface area contributed by atoms with E-state index in [4.69, 9.17) is 0 Å². The van der Waals surface area contributed by atoms with Crippen LogP contribution in [0, 0.1) is 6.92 Å². The lowest BCUT2D eigenvalue weighted by Gasteiger charge is -2.04. The zero-order valence-electron chi connectivity index (χ0n) is 6.36. The maximum atomic E-state index is 4.18. The Kier molecular flexibility index (Phi) is 1.32. The predicted octanol–water partition coefficient (Wildman–Crippen LogP) is 1.73. The number of rotatable bonds is 1. The molecule has 2 heteroatoms. The first-order chi connectivity index (χ1) is 5.38. The third-order valence-electron chi connectivity index (χ3n) is 1.74. The Morgan fingerprint density at radius 2 is 2.36 bits per heavy atom. The van der Waals surface area contributed by atoms with Crippen molar-refractivity contribution in [2.45, 2.75) is 6.92 Å². The second-order valence-electron chi connectivity index (χ2n) is 2.52. The summed E-state index contributed by atoms with van der Waals surface area (Å²) >= 11 is 0. The predicted molar refractivity (Wildman–Crippen MR) is 44.7 cm³/mol. The van der Waals surface area contributed by atoms with E-state index in [0.29, 0.717) is 0 Å². The standard InChI is InChI=1S/C9H9N2/c1-8-4-3-7-11(8)9-5-2-6-10-9/h2-7H,1H3. The van der Waals surface area contributed by atoms with Crippen molar-refractivity contribution < 1.29 is 0 Å². The second kappa shape index (κ2) is 2.31. The number of nitrogens with zero attached hydrogens (tertiary/aromatic N) is 2. The summed E-state index contributed by atoms with van der Waals surface area (Å²) in [5, 5.41) is 4.18. The van der Waals surface area contributed by atoms with Crippen molar-refractivity contribution in [3.8, 4) is 0 Å². The van der Waals surface area contributed by atoms with E-state index in [2.05, 4.69) is 22.9 Å². The van der Waals surface area contributed by atoms with E-state index in [1.807, 2.05) is 24.4 Å². The van der Waals surface area contributed by atoms with Gasteiger partial charge in [0, 0.05) is 18.1 Å². The summed E-state index contributed by atoms with van der Waals surface area (Å²) < 4.78 is 2.06. The fourth-order valence-corrected chi connectivity index (χ4v) is 1.16. The highest BCUT2D eigenvalue weighted by molar-refractivity contribution is 5.52. The molecular weight excluding hydrogens is 136 g/mol. The molecule has 0 saturated carbocycles. The van der Waals surface area contributed by atoms with Crippen molar-refractivity contribution >= 4 is 5.82 Å². The first-order valence-corrected chi connectivity index (χ1v) is 3.60. The molecule has 1 radical (unpaired) electrons. The van der Waals surface area contributed by atoms with Crippen molar-refractivity contribution in [3.05, 3.63) is 42.4 Å². The van der Waals surface area contributed by atoms with Crippen LogP contribution in [-0.2, 0) is 0 Å². The van der Waals surface area contributed by atoms with Crippen molar-refractivity contribution in [1.82, 2.24) is 9.88 Å². The first kappa shape index (κ1) is 6.28. The quantitative estimate of drug-likeness (QED) is 0.573. The van der Waals surface area contributed by atoms with Gasteiger partial charge in [0.05, 0.1) is 0 Å². The molecule has 0 aromatic carbocycles. The average Bonchev–Trinajstić information content (AvgIpc) is 2.55. The lowest BCUT2D eigenvalue weighted by molar-refractivity contribution is 0.962. The van der Waals surface area contributed by atoms with E-state index in [0.717, 1.165) is 5.82 Å². The van der Waals surface area contributed by atoms with Crippen LogP contribution >= 0.6 is 0 Å². The van der Waals surface area contributed by atoms with Gasteiger partial charge in [0.15, 0.2) is 0 Å². The number of aryl methyl sites for hydroxylation is 1. The minimum atomic E-state index is 0.993. The van der Waals surface area contributed by atoms with E-state index < -0.39 is 0 Å². The van der Waals surface area contributed by atoms with Crippen LogP contribution in [0.2, 0.25) is 0 Å². The first-order valence-electron chi connectivity index (χ1n) is 3.60. The molecule has 0 atom stereocenters. The smallest absolute Gasteiger partial charge is 0.136 e. The zero-order chi connectivity index (χ0) is 7.68. The van der Waals surface area contributed by atoms with Crippen LogP contribution in [0.1, 0.15) is 5.69 Å². The fraction of sp³-hybridized carbons (Fsp3) is 0.111. The molecule has 1 aliphatic rings. The third kappa shape index (κ3) is 0.963. The summed E-state index contributed by atoms with van der Waals surface area (Å²) in [5.41, 5.74) is 1.21. The van der Waals surface area contributed by atoms with Gasteiger partial charge in [-0.1, -0.05) is 0 Å². The lowest BCUT2D eigenvalue weighted by Crippen LogP contribution is -2.02. The lowest BCUT2D eigenvalue weighted by atomic mass is 10.5. The van der Waals surface area contributed by atoms with Crippen molar-refractivity contribution in [1.29, 1.82) is 0 Å². The molecule has 0 aliphatic carbocycles. The molecule has 55 valence electrons. The molecule has 2 heterocycles. The van der Waals surface area contributed by atoms with Crippen LogP contribution in [0.4, 0.5) is 0 Å². The van der Waals surface area contributed by atoms with E-state index in [-0.39, 0.29) is 0 Å². The molecule has 1 aliphatic heterocycles. The van der Waals surface area contributed by atoms with Gasteiger partial charge in [-0.3, -0.25) is 0 Å². The van der Waals surface area contributed by atoms with Crippen molar-refractivity contribution in [2.75, 3.05) is 0 Å². The van der Waals surface area contributed by atoms with Crippen LogP contribution in [0.25, 0.3) is 5.82 Å². The molecule has 0 spiro atoms. The number of hydrogen-bond acceptors (Lipinski definition) is 0. The van der Waals surface area contributed by atoms with Crippen molar-refractivity contribution in [3.63, 3.8) is 0 Å². The fourth-order valence-electron chi connectivity index (χ4n) is 1.16. The molecule has 0 amide bonds. The molecule has 2 rings (SSSR count). The highest BCUT2D eigenvalue weighted by Gasteiger charge is 2.03. The summed E-state index contributed by atoms with van der Waals surface area (Å²) in [5.74, 6) is 0.993. The Bertz CT molecular complexity index is 318. The molecular formula is C9H9N2. The maximum Gasteiger partial charge on any atom is 0.136 e. The molecule has 1 aromatic rings. The summed E-state index contributed by atoms with van der Waals surface area (Å²) in [7, 11) is 0. The summed E-state index contributed by atoms with van der Waals surface area (Å²) in [6, 6.07) is 4.08. The van der Waals surface area contributed by atoms with Crippen LogP contribution < -0.4 is 5.32 Å². The van der Waals surface area contributed by atoms with Gasteiger partial charge in [-0.2, -0.15) is 0 Å². The van der Waals surface area contributed by atoms with Gasteiger partial charge in [-0.15, -0.1) is 0 Å². The third-order valence-corrected chi connectivity index (χ3v) is 1.74. The van der Waals surface area contributed by atoms with Crippen LogP contribution in [-0.4, -0.2) is 4.57 Å². The maximum absolute atomic E-state index is 4.18. The van der Waals surface area contributed by atoms with Gasteiger partial charge in [0.25, 0.3) is 0 Å². The van der Waals surface area contributed by atoms with Gasteiger partial charge in [-0.25, -0.2) is 5.32 Å². The number of aromatic nitrogens is 1. The topological polar surface area (TPSA) is 19.0 Å². The van der Waals surface area contributed by atoms with E-state index in [9.17, 15) is 0 Å². The SMILES string of the molecule is Cc1cccn1C1=CC=C[N]1. The number of allylic oxidation sites excluding steroid dienone is 2. The molecule has 0 N–H and O–H groups in total. The average molecular weight is 145 g/mol. The minimum absolute atomic E-state index is 0.993. The molecule has 0 fully saturated rings. The highest BCUT2D eigenvalue weighted by atomic mass is 15.1. The monoisotopic (exact) mass is 145 g/mol. The second-order valence-corrected chi connectivity index (χ2v) is 2.52. The normalized spacial score (nSPS) is 14.8. The number of hydrogen-bond donors (Lipinski definition) is 0. The van der Waals surface area contributed by atoms with E-state index in [1.54, 1.807) is 6.20 Å². The molecule has 1 aromatic heterocycles. The van der Waals surface area contributed by atoms with E-state index >= 15 is 0 Å². The Morgan fingerprint density at radius 1 is 1.45 bits per heavy atom. The minimum Gasteiger partial charge on any atom is -0.306 e. The van der Waals surface area contributed by atoms with Gasteiger partial charge < -0.3 is 4.57 Å². The highest BCUT2D eigenvalue weighted by Crippen LogP contribution is 2.11. The Labute approximate surface area is 65.8 Å². The van der Waals surface area contributed by atoms with E-state index in [1.165, 1.54) is 5.69 Å². The zero-order valence-corrected chi connectivity index (χ0v) is 6.36. The summed E-state index contributed by atoms with van der Waals surface area (Å²) in [6.45, 7) is 2.06. The van der Waals surface area contributed by atoms with Crippen LogP contribution in [0.15, 0.2) is 36.7 Å². The van der Waals surface area contributed by atoms with Gasteiger partial charge >= 0.3 is 0 Å².